The molecule has 4 rings (SSSR count). The van der Waals surface area contributed by atoms with Gasteiger partial charge in [0.2, 0.25) is 5.95 Å². The molecule has 0 amide bonds. The van der Waals surface area contributed by atoms with Gasteiger partial charge < -0.3 is 15.0 Å². The Hall–Kier alpha value is -3.86. The van der Waals surface area contributed by atoms with E-state index in [2.05, 4.69) is 27.4 Å². The fraction of sp³-hybridized carbons (Fsp3) is 0.120. The number of nitrogens with one attached hydrogen (secondary N) is 1. The molecular weight excluding hydrogens is 372 g/mol. The highest BCUT2D eigenvalue weighted by atomic mass is 16.5. The maximum atomic E-state index is 5.86. The average Bonchev–Trinajstić information content (AvgIpc) is 2.79. The summed E-state index contributed by atoms with van der Waals surface area (Å²) in [5, 5.41) is 3.36. The molecular formula is C25H24N4O. The molecule has 0 saturated carbocycles. The van der Waals surface area contributed by atoms with Gasteiger partial charge in [-0.05, 0) is 48.9 Å². The van der Waals surface area contributed by atoms with E-state index in [4.69, 9.17) is 4.74 Å². The van der Waals surface area contributed by atoms with Crippen LogP contribution in [0.15, 0.2) is 91.0 Å². The highest BCUT2D eigenvalue weighted by molar-refractivity contribution is 5.61. The van der Waals surface area contributed by atoms with Gasteiger partial charge in [-0.2, -0.15) is 4.98 Å². The van der Waals surface area contributed by atoms with Gasteiger partial charge >= 0.3 is 0 Å². The van der Waals surface area contributed by atoms with Crippen LogP contribution >= 0.6 is 0 Å². The van der Waals surface area contributed by atoms with Gasteiger partial charge in [0.05, 0.1) is 0 Å². The maximum absolute atomic E-state index is 5.86. The Bertz CT molecular complexity index is 1080. The van der Waals surface area contributed by atoms with Crippen molar-refractivity contribution in [3.8, 4) is 5.75 Å². The van der Waals surface area contributed by atoms with Crippen LogP contribution in [0.3, 0.4) is 0 Å². The molecule has 0 atom stereocenters. The van der Waals surface area contributed by atoms with Crippen LogP contribution in [0.2, 0.25) is 0 Å². The summed E-state index contributed by atoms with van der Waals surface area (Å²) in [4.78, 5) is 11.2. The molecule has 0 saturated heterocycles. The molecule has 4 aromatic rings. The smallest absolute Gasteiger partial charge is 0.231 e. The third-order valence-corrected chi connectivity index (χ3v) is 4.66. The van der Waals surface area contributed by atoms with Gasteiger partial charge in [-0.1, -0.05) is 48.5 Å². The number of nitrogens with zero attached hydrogens (tertiary/aromatic N) is 3. The second-order valence-electron chi connectivity index (χ2n) is 7.01. The summed E-state index contributed by atoms with van der Waals surface area (Å²) in [7, 11) is 1.97. The monoisotopic (exact) mass is 396 g/mol. The molecule has 0 aliphatic carbocycles. The van der Waals surface area contributed by atoms with Gasteiger partial charge in [0.15, 0.2) is 0 Å². The normalized spacial score (nSPS) is 10.5. The van der Waals surface area contributed by atoms with E-state index < -0.39 is 0 Å². The third-order valence-electron chi connectivity index (χ3n) is 4.66. The van der Waals surface area contributed by atoms with Crippen molar-refractivity contribution < 1.29 is 4.74 Å². The molecule has 5 nitrogen and oxygen atoms in total. The van der Waals surface area contributed by atoms with Crippen LogP contribution in [-0.4, -0.2) is 17.0 Å². The van der Waals surface area contributed by atoms with Crippen LogP contribution in [0.1, 0.15) is 11.3 Å². The molecule has 30 heavy (non-hydrogen) atoms. The van der Waals surface area contributed by atoms with E-state index >= 15 is 0 Å². The number of benzene rings is 3. The number of aromatic nitrogens is 2. The van der Waals surface area contributed by atoms with E-state index in [1.54, 1.807) is 0 Å². The molecule has 0 spiro atoms. The standard InChI is InChI=1S/C25H24N4O/c1-19-17-24(28-25(26-19)29(2)22-11-7-4-8-12-22)27-21-13-15-23(16-14-21)30-18-20-9-5-3-6-10-20/h3-17H,18H2,1-2H3,(H,26,27,28). The van der Waals surface area contributed by atoms with Crippen molar-refractivity contribution in [3.63, 3.8) is 0 Å². The fourth-order valence-electron chi connectivity index (χ4n) is 3.06. The molecule has 0 aliphatic rings. The summed E-state index contributed by atoms with van der Waals surface area (Å²) in [6.07, 6.45) is 0. The largest absolute Gasteiger partial charge is 0.489 e. The zero-order valence-electron chi connectivity index (χ0n) is 17.1. The fourth-order valence-corrected chi connectivity index (χ4v) is 3.06. The molecule has 0 radical (unpaired) electrons. The summed E-state index contributed by atoms with van der Waals surface area (Å²) >= 11 is 0. The first-order chi connectivity index (χ1) is 14.7. The van der Waals surface area contributed by atoms with Crippen molar-refractivity contribution in [2.75, 3.05) is 17.3 Å². The molecule has 1 N–H and O–H groups in total. The number of hydrogen-bond donors (Lipinski definition) is 1. The Labute approximate surface area is 177 Å². The Morgan fingerprint density at radius 1 is 0.833 bits per heavy atom. The highest BCUT2D eigenvalue weighted by Gasteiger charge is 2.09. The van der Waals surface area contributed by atoms with E-state index in [0.717, 1.165) is 34.2 Å². The first-order valence-electron chi connectivity index (χ1n) is 9.86. The Morgan fingerprint density at radius 2 is 1.50 bits per heavy atom. The van der Waals surface area contributed by atoms with Gasteiger partial charge in [0.25, 0.3) is 0 Å². The molecule has 0 bridgehead atoms. The lowest BCUT2D eigenvalue weighted by Gasteiger charge is -2.18. The minimum Gasteiger partial charge on any atom is -0.489 e. The van der Waals surface area contributed by atoms with Crippen molar-refractivity contribution in [1.82, 2.24) is 9.97 Å². The topological polar surface area (TPSA) is 50.3 Å². The van der Waals surface area contributed by atoms with Gasteiger partial charge in [-0.3, -0.25) is 0 Å². The first kappa shape index (κ1) is 19.5. The summed E-state index contributed by atoms with van der Waals surface area (Å²) in [5.74, 6) is 2.22. The summed E-state index contributed by atoms with van der Waals surface area (Å²) in [5.41, 5.74) is 4.02. The minimum atomic E-state index is 0.550. The third kappa shape index (κ3) is 4.94. The molecule has 3 aromatic carbocycles. The molecule has 5 heteroatoms. The predicted molar refractivity (Wildman–Crippen MR) is 122 cm³/mol. The number of anilines is 4. The van der Waals surface area contributed by atoms with Crippen LogP contribution in [0.25, 0.3) is 0 Å². The molecule has 150 valence electrons. The molecule has 1 aromatic heterocycles. The van der Waals surface area contributed by atoms with Gasteiger partial charge in [-0.25, -0.2) is 4.98 Å². The predicted octanol–water partition coefficient (Wildman–Crippen LogP) is 5.88. The van der Waals surface area contributed by atoms with Crippen LogP contribution in [0.4, 0.5) is 23.1 Å². The van der Waals surface area contributed by atoms with Crippen molar-refractivity contribution in [2.24, 2.45) is 0 Å². The lowest BCUT2D eigenvalue weighted by atomic mass is 10.2. The summed E-state index contributed by atoms with van der Waals surface area (Å²) in [6.45, 7) is 2.52. The quantitative estimate of drug-likeness (QED) is 0.423. The zero-order chi connectivity index (χ0) is 20.8. The van der Waals surface area contributed by atoms with Crippen LogP contribution in [0.5, 0.6) is 5.75 Å². The number of ether oxygens (including phenoxy) is 1. The second-order valence-corrected chi connectivity index (χ2v) is 7.01. The van der Waals surface area contributed by atoms with E-state index in [1.807, 2.05) is 97.7 Å². The van der Waals surface area contributed by atoms with Crippen LogP contribution in [-0.2, 0) is 6.61 Å². The minimum absolute atomic E-state index is 0.550. The van der Waals surface area contributed by atoms with Crippen LogP contribution in [0, 0.1) is 6.92 Å². The highest BCUT2D eigenvalue weighted by Crippen LogP contribution is 2.24. The Morgan fingerprint density at radius 3 is 2.20 bits per heavy atom. The first-order valence-corrected chi connectivity index (χ1v) is 9.86. The molecule has 0 fully saturated rings. The van der Waals surface area contributed by atoms with Crippen molar-refractivity contribution in [3.05, 3.63) is 102 Å². The van der Waals surface area contributed by atoms with Crippen molar-refractivity contribution in [2.45, 2.75) is 13.5 Å². The van der Waals surface area contributed by atoms with E-state index in [0.29, 0.717) is 12.6 Å². The zero-order valence-corrected chi connectivity index (χ0v) is 17.1. The Kier molecular flexibility index (Phi) is 5.90. The second kappa shape index (κ2) is 9.09. The van der Waals surface area contributed by atoms with Crippen molar-refractivity contribution >= 4 is 23.1 Å². The summed E-state index contributed by atoms with van der Waals surface area (Å²) in [6, 6.07) is 30.0. The van der Waals surface area contributed by atoms with Crippen molar-refractivity contribution in [1.29, 1.82) is 0 Å². The average molecular weight is 396 g/mol. The Balaban J connectivity index is 1.44. The number of aryl methyl sites for hydroxylation is 1. The van der Waals surface area contributed by atoms with Gasteiger partial charge in [0, 0.05) is 30.2 Å². The van der Waals surface area contributed by atoms with E-state index in [1.165, 1.54) is 0 Å². The maximum Gasteiger partial charge on any atom is 0.231 e. The van der Waals surface area contributed by atoms with E-state index in [9.17, 15) is 0 Å². The lowest BCUT2D eigenvalue weighted by molar-refractivity contribution is 0.306. The number of para-hydroxylation sites is 1. The number of hydrogen-bond acceptors (Lipinski definition) is 5. The molecule has 1 heterocycles. The number of rotatable bonds is 7. The van der Waals surface area contributed by atoms with Gasteiger partial charge in [-0.15, -0.1) is 0 Å². The van der Waals surface area contributed by atoms with E-state index in [-0.39, 0.29) is 0 Å². The molecule has 0 aliphatic heterocycles. The summed E-state index contributed by atoms with van der Waals surface area (Å²) < 4.78 is 5.86. The lowest BCUT2D eigenvalue weighted by Crippen LogP contribution is -2.14. The van der Waals surface area contributed by atoms with Gasteiger partial charge in [0.1, 0.15) is 18.2 Å². The van der Waals surface area contributed by atoms with Crippen LogP contribution < -0.4 is 15.0 Å². The SMILES string of the molecule is Cc1cc(Nc2ccc(OCc3ccccc3)cc2)nc(N(C)c2ccccc2)n1. The molecule has 0 unspecified atom stereocenters.